The van der Waals surface area contributed by atoms with Crippen LogP contribution >= 0.6 is 27.3 Å². The predicted octanol–water partition coefficient (Wildman–Crippen LogP) is 3.55. The summed E-state index contributed by atoms with van der Waals surface area (Å²) in [6.07, 6.45) is 1.71. The topological polar surface area (TPSA) is 63.1 Å². The van der Waals surface area contributed by atoms with E-state index in [1.807, 2.05) is 25.1 Å². The van der Waals surface area contributed by atoms with Crippen LogP contribution in [0.25, 0.3) is 10.6 Å². The normalized spacial score (nSPS) is 12.3. The Bertz CT molecular complexity index is 571. The fraction of sp³-hybridized carbons (Fsp3) is 0.250. The van der Waals surface area contributed by atoms with Gasteiger partial charge in [0.05, 0.1) is 20.8 Å². The first kappa shape index (κ1) is 13.2. The zero-order valence-corrected chi connectivity index (χ0v) is 12.0. The molecule has 0 bridgehead atoms. The largest absolute Gasteiger partial charge is 0.481 e. The molecule has 2 aromatic rings. The summed E-state index contributed by atoms with van der Waals surface area (Å²) in [4.78, 5) is 20.3. The maximum atomic E-state index is 10.7. The summed E-state index contributed by atoms with van der Waals surface area (Å²) in [6.45, 7) is 1.82. The molecule has 0 amide bonds. The van der Waals surface area contributed by atoms with E-state index >= 15 is 0 Å². The number of rotatable bonds is 4. The molecule has 0 aromatic carbocycles. The smallest absolute Gasteiger partial charge is 0.304 e. The standard InChI is InChI=1S/C12H11BrN2O2S/c1-7(6-11(16)17)12-14-5-4-8(15-12)9-2-3-10(13)18-9/h2-5,7H,6H2,1H3,(H,16,17). The lowest BCUT2D eigenvalue weighted by Crippen LogP contribution is -2.06. The number of carboxylic acids is 1. The highest BCUT2D eigenvalue weighted by molar-refractivity contribution is 9.11. The predicted molar refractivity (Wildman–Crippen MR) is 73.7 cm³/mol. The van der Waals surface area contributed by atoms with E-state index in [9.17, 15) is 4.79 Å². The highest BCUT2D eigenvalue weighted by Crippen LogP contribution is 2.30. The zero-order chi connectivity index (χ0) is 13.1. The van der Waals surface area contributed by atoms with Crippen LogP contribution in [0.3, 0.4) is 0 Å². The van der Waals surface area contributed by atoms with E-state index in [0.29, 0.717) is 5.82 Å². The number of carboxylic acid groups (broad SMARTS) is 1. The van der Waals surface area contributed by atoms with Crippen LogP contribution in [-0.4, -0.2) is 21.0 Å². The van der Waals surface area contributed by atoms with Crippen molar-refractivity contribution in [3.63, 3.8) is 0 Å². The average molecular weight is 327 g/mol. The molecular formula is C12H11BrN2O2S. The molecule has 1 N–H and O–H groups in total. The summed E-state index contributed by atoms with van der Waals surface area (Å²) in [5.74, 6) is -0.458. The monoisotopic (exact) mass is 326 g/mol. The van der Waals surface area contributed by atoms with Crippen molar-refractivity contribution in [3.8, 4) is 10.6 Å². The number of nitrogens with zero attached hydrogens (tertiary/aromatic N) is 2. The number of aromatic nitrogens is 2. The van der Waals surface area contributed by atoms with E-state index in [0.717, 1.165) is 14.4 Å². The van der Waals surface area contributed by atoms with Gasteiger partial charge in [-0.15, -0.1) is 11.3 Å². The summed E-state index contributed by atoms with van der Waals surface area (Å²) < 4.78 is 1.04. The molecule has 4 nitrogen and oxygen atoms in total. The highest BCUT2D eigenvalue weighted by atomic mass is 79.9. The van der Waals surface area contributed by atoms with Gasteiger partial charge in [-0.1, -0.05) is 6.92 Å². The molecular weight excluding hydrogens is 316 g/mol. The van der Waals surface area contributed by atoms with E-state index in [2.05, 4.69) is 25.9 Å². The van der Waals surface area contributed by atoms with Gasteiger partial charge in [0.1, 0.15) is 5.82 Å². The SMILES string of the molecule is CC(CC(=O)O)c1nccc(-c2ccc(Br)s2)n1. The van der Waals surface area contributed by atoms with Crippen molar-refractivity contribution in [1.82, 2.24) is 9.97 Å². The van der Waals surface area contributed by atoms with Gasteiger partial charge in [-0.25, -0.2) is 9.97 Å². The quantitative estimate of drug-likeness (QED) is 0.933. The van der Waals surface area contributed by atoms with E-state index in [4.69, 9.17) is 5.11 Å². The van der Waals surface area contributed by atoms with Crippen LogP contribution in [0, 0.1) is 0 Å². The molecule has 6 heteroatoms. The highest BCUT2D eigenvalue weighted by Gasteiger charge is 2.14. The molecule has 94 valence electrons. The molecule has 0 saturated carbocycles. The van der Waals surface area contributed by atoms with Crippen molar-refractivity contribution in [1.29, 1.82) is 0 Å². The molecule has 0 aliphatic heterocycles. The summed E-state index contributed by atoms with van der Waals surface area (Å²) in [7, 11) is 0. The molecule has 0 radical (unpaired) electrons. The second-order valence-electron chi connectivity index (χ2n) is 3.90. The van der Waals surface area contributed by atoms with Crippen molar-refractivity contribution < 1.29 is 9.90 Å². The summed E-state index contributed by atoms with van der Waals surface area (Å²) >= 11 is 4.99. The number of halogens is 1. The number of carbonyl (C=O) groups is 1. The van der Waals surface area contributed by atoms with Crippen LogP contribution in [0.15, 0.2) is 28.2 Å². The van der Waals surface area contributed by atoms with Gasteiger partial charge in [0.15, 0.2) is 0 Å². The Hall–Kier alpha value is -1.27. The van der Waals surface area contributed by atoms with Crippen molar-refractivity contribution in [2.24, 2.45) is 0 Å². The van der Waals surface area contributed by atoms with Crippen LogP contribution < -0.4 is 0 Å². The van der Waals surface area contributed by atoms with Crippen LogP contribution in [0.5, 0.6) is 0 Å². The second-order valence-corrected chi connectivity index (χ2v) is 6.37. The van der Waals surface area contributed by atoms with Gasteiger partial charge in [0, 0.05) is 12.1 Å². The Kier molecular flexibility index (Phi) is 4.08. The fourth-order valence-electron chi connectivity index (χ4n) is 1.55. The summed E-state index contributed by atoms with van der Waals surface area (Å²) in [5, 5.41) is 8.78. The Balaban J connectivity index is 2.27. The number of thiophene rings is 1. The molecule has 2 heterocycles. The maximum Gasteiger partial charge on any atom is 0.304 e. The Labute approximate surface area is 117 Å². The first-order chi connectivity index (χ1) is 8.56. The molecule has 0 aliphatic carbocycles. The van der Waals surface area contributed by atoms with Gasteiger partial charge in [-0.2, -0.15) is 0 Å². The number of aliphatic carboxylic acids is 1. The molecule has 2 aromatic heterocycles. The minimum Gasteiger partial charge on any atom is -0.481 e. The molecule has 1 unspecified atom stereocenters. The lowest BCUT2D eigenvalue weighted by Gasteiger charge is -2.07. The first-order valence-corrected chi connectivity index (χ1v) is 6.97. The molecule has 1 atom stereocenters. The molecule has 0 spiro atoms. The maximum absolute atomic E-state index is 10.7. The van der Waals surface area contributed by atoms with Gasteiger partial charge in [0.25, 0.3) is 0 Å². The van der Waals surface area contributed by atoms with Crippen LogP contribution in [0.1, 0.15) is 25.1 Å². The summed E-state index contributed by atoms with van der Waals surface area (Å²) in [5.41, 5.74) is 0.827. The first-order valence-electron chi connectivity index (χ1n) is 5.36. The second kappa shape index (κ2) is 5.58. The van der Waals surface area contributed by atoms with Crippen molar-refractivity contribution >= 4 is 33.2 Å². The zero-order valence-electron chi connectivity index (χ0n) is 9.63. The van der Waals surface area contributed by atoms with Gasteiger partial charge >= 0.3 is 5.97 Å². The fourth-order valence-corrected chi connectivity index (χ4v) is 2.91. The van der Waals surface area contributed by atoms with E-state index in [1.54, 1.807) is 17.5 Å². The average Bonchev–Trinajstić information content (AvgIpc) is 2.75. The molecule has 0 aliphatic rings. The van der Waals surface area contributed by atoms with Gasteiger partial charge < -0.3 is 5.11 Å². The van der Waals surface area contributed by atoms with Crippen LogP contribution in [0.2, 0.25) is 0 Å². The van der Waals surface area contributed by atoms with Gasteiger partial charge in [-0.3, -0.25) is 4.79 Å². The third kappa shape index (κ3) is 3.14. The molecule has 2 rings (SSSR count). The number of hydrogen-bond donors (Lipinski definition) is 1. The minimum absolute atomic E-state index is 0.0393. The van der Waals surface area contributed by atoms with Gasteiger partial charge in [0.2, 0.25) is 0 Å². The van der Waals surface area contributed by atoms with Crippen LogP contribution in [-0.2, 0) is 4.79 Å². The Morgan fingerprint density at radius 3 is 2.89 bits per heavy atom. The lowest BCUT2D eigenvalue weighted by molar-refractivity contribution is -0.137. The van der Waals surface area contributed by atoms with Crippen molar-refractivity contribution in [2.75, 3.05) is 0 Å². The Morgan fingerprint density at radius 1 is 1.50 bits per heavy atom. The van der Waals surface area contributed by atoms with Crippen molar-refractivity contribution in [2.45, 2.75) is 19.3 Å². The minimum atomic E-state index is -0.838. The van der Waals surface area contributed by atoms with Gasteiger partial charge in [-0.05, 0) is 34.1 Å². The Morgan fingerprint density at radius 2 is 2.28 bits per heavy atom. The van der Waals surface area contributed by atoms with E-state index in [-0.39, 0.29) is 12.3 Å². The molecule has 0 saturated heterocycles. The van der Waals surface area contributed by atoms with E-state index < -0.39 is 5.97 Å². The van der Waals surface area contributed by atoms with E-state index in [1.165, 1.54) is 0 Å². The lowest BCUT2D eigenvalue weighted by atomic mass is 10.1. The summed E-state index contributed by atoms with van der Waals surface area (Å²) in [6, 6.07) is 5.76. The molecule has 18 heavy (non-hydrogen) atoms. The molecule has 0 fully saturated rings. The third-order valence-electron chi connectivity index (χ3n) is 2.42. The van der Waals surface area contributed by atoms with Crippen LogP contribution in [0.4, 0.5) is 0 Å². The number of hydrogen-bond acceptors (Lipinski definition) is 4. The van der Waals surface area contributed by atoms with Crippen molar-refractivity contribution in [3.05, 3.63) is 34.0 Å². The third-order valence-corrected chi connectivity index (χ3v) is 4.07.